The van der Waals surface area contributed by atoms with Gasteiger partial charge in [0.2, 0.25) is 10.0 Å². The molecule has 3 rings (SSSR count). The molecule has 0 aliphatic carbocycles. The summed E-state index contributed by atoms with van der Waals surface area (Å²) in [7, 11) is -3.94. The monoisotopic (exact) mass is 445 g/mol. The van der Waals surface area contributed by atoms with Gasteiger partial charge in [0, 0.05) is 32.4 Å². The fourth-order valence-electron chi connectivity index (χ4n) is 2.98. The maximum atomic E-state index is 12.7. The number of hydrogen-bond acceptors (Lipinski definition) is 5. The Morgan fingerprint density at radius 3 is 2.24 bits per heavy atom. The molecule has 0 atom stereocenters. The van der Waals surface area contributed by atoms with Gasteiger partial charge in [-0.05, 0) is 42.7 Å². The van der Waals surface area contributed by atoms with Crippen LogP contribution in [0.25, 0.3) is 0 Å². The standard InChI is InChI=1S/C18H18F3N3O3S2/c1-28-16-15(3-2-8-22-16)17(25)23-9-11-24(12-10-23)29(26,27)14-6-4-13(5-7-14)18(19,20)21/h2-8H,9-12H2,1H3. The Bertz CT molecular complexity index is 987. The smallest absolute Gasteiger partial charge is 0.336 e. The zero-order valence-corrected chi connectivity index (χ0v) is 17.0. The molecule has 1 amide bonds. The SMILES string of the molecule is CSc1ncccc1C(=O)N1CCN(S(=O)(=O)c2ccc(C(F)(F)F)cc2)CC1. The van der Waals surface area contributed by atoms with Gasteiger partial charge in [0.05, 0.1) is 16.0 Å². The molecule has 1 fully saturated rings. The van der Waals surface area contributed by atoms with Gasteiger partial charge in [-0.2, -0.15) is 17.5 Å². The third-order valence-electron chi connectivity index (χ3n) is 4.54. The third kappa shape index (κ3) is 4.57. The number of carbonyl (C=O) groups excluding carboxylic acids is 1. The van der Waals surface area contributed by atoms with Crippen LogP contribution in [0.4, 0.5) is 13.2 Å². The number of pyridine rings is 1. The van der Waals surface area contributed by atoms with Gasteiger partial charge >= 0.3 is 6.18 Å². The number of carbonyl (C=O) groups is 1. The lowest BCUT2D eigenvalue weighted by Gasteiger charge is -2.34. The molecule has 0 unspecified atom stereocenters. The molecule has 1 aliphatic heterocycles. The van der Waals surface area contributed by atoms with E-state index in [9.17, 15) is 26.4 Å². The highest BCUT2D eigenvalue weighted by molar-refractivity contribution is 7.98. The van der Waals surface area contributed by atoms with Crippen molar-refractivity contribution < 1.29 is 26.4 Å². The molecule has 0 bridgehead atoms. The van der Waals surface area contributed by atoms with E-state index in [1.54, 1.807) is 23.2 Å². The number of alkyl halides is 3. The average Bonchev–Trinajstić information content (AvgIpc) is 2.72. The van der Waals surface area contributed by atoms with Crippen LogP contribution in [0.1, 0.15) is 15.9 Å². The predicted octanol–water partition coefficient (Wildman–Crippen LogP) is 2.97. The van der Waals surface area contributed by atoms with Crippen LogP contribution >= 0.6 is 11.8 Å². The number of benzene rings is 1. The number of rotatable bonds is 4. The second kappa shape index (κ2) is 8.33. The number of aromatic nitrogens is 1. The van der Waals surface area contributed by atoms with Crippen LogP contribution in [0.5, 0.6) is 0 Å². The van der Waals surface area contributed by atoms with E-state index < -0.39 is 21.8 Å². The first-order valence-electron chi connectivity index (χ1n) is 8.60. The van der Waals surface area contributed by atoms with Crippen molar-refractivity contribution in [1.82, 2.24) is 14.2 Å². The largest absolute Gasteiger partial charge is 0.416 e. The number of hydrogen-bond donors (Lipinski definition) is 0. The molecular weight excluding hydrogens is 427 g/mol. The van der Waals surface area contributed by atoms with Gasteiger partial charge in [-0.25, -0.2) is 13.4 Å². The first kappa shape index (κ1) is 21.6. The summed E-state index contributed by atoms with van der Waals surface area (Å²) in [4.78, 5) is 18.2. The summed E-state index contributed by atoms with van der Waals surface area (Å²) in [5.41, 5.74) is -0.452. The summed E-state index contributed by atoms with van der Waals surface area (Å²) >= 11 is 1.35. The maximum absolute atomic E-state index is 12.7. The molecule has 2 heterocycles. The number of sulfonamides is 1. The zero-order valence-electron chi connectivity index (χ0n) is 15.4. The number of piperazine rings is 1. The zero-order chi connectivity index (χ0) is 21.2. The van der Waals surface area contributed by atoms with E-state index >= 15 is 0 Å². The van der Waals surface area contributed by atoms with Gasteiger partial charge in [0.25, 0.3) is 5.91 Å². The first-order valence-corrected chi connectivity index (χ1v) is 11.3. The van der Waals surface area contributed by atoms with E-state index in [0.29, 0.717) is 10.6 Å². The van der Waals surface area contributed by atoms with Crippen LogP contribution in [0.2, 0.25) is 0 Å². The molecule has 1 aliphatic rings. The minimum atomic E-state index is -4.53. The van der Waals surface area contributed by atoms with Crippen molar-refractivity contribution in [3.8, 4) is 0 Å². The fourth-order valence-corrected chi connectivity index (χ4v) is 4.95. The molecule has 156 valence electrons. The van der Waals surface area contributed by atoms with Crippen LogP contribution in [0, 0.1) is 0 Å². The Labute approximate surface area is 170 Å². The van der Waals surface area contributed by atoms with Crippen LogP contribution < -0.4 is 0 Å². The molecule has 0 N–H and O–H groups in total. The van der Waals surface area contributed by atoms with Crippen molar-refractivity contribution in [2.45, 2.75) is 16.1 Å². The van der Waals surface area contributed by atoms with Gasteiger partial charge in [0.1, 0.15) is 5.03 Å². The summed E-state index contributed by atoms with van der Waals surface area (Å²) in [5, 5.41) is 0.595. The van der Waals surface area contributed by atoms with E-state index in [0.717, 1.165) is 24.3 Å². The molecule has 0 spiro atoms. The summed E-state index contributed by atoms with van der Waals surface area (Å²) in [6, 6.07) is 6.74. The summed E-state index contributed by atoms with van der Waals surface area (Å²) < 4.78 is 64.7. The van der Waals surface area contributed by atoms with Crippen molar-refractivity contribution in [3.05, 3.63) is 53.7 Å². The second-order valence-corrected chi connectivity index (χ2v) is 9.01. The van der Waals surface area contributed by atoms with E-state index in [2.05, 4.69) is 4.98 Å². The quantitative estimate of drug-likeness (QED) is 0.677. The van der Waals surface area contributed by atoms with Crippen molar-refractivity contribution >= 4 is 27.7 Å². The molecule has 0 radical (unpaired) electrons. The Kier molecular flexibility index (Phi) is 6.20. The van der Waals surface area contributed by atoms with E-state index in [1.807, 2.05) is 6.26 Å². The molecule has 1 aromatic heterocycles. The lowest BCUT2D eigenvalue weighted by atomic mass is 10.2. The van der Waals surface area contributed by atoms with Gasteiger partial charge in [-0.15, -0.1) is 11.8 Å². The van der Waals surface area contributed by atoms with Crippen molar-refractivity contribution in [1.29, 1.82) is 0 Å². The van der Waals surface area contributed by atoms with Crippen LogP contribution in [0.15, 0.2) is 52.5 Å². The summed E-state index contributed by atoms with van der Waals surface area (Å²) in [5.74, 6) is -0.228. The van der Waals surface area contributed by atoms with E-state index in [-0.39, 0.29) is 37.0 Å². The second-order valence-electron chi connectivity index (χ2n) is 6.28. The Hall–Kier alpha value is -2.11. The molecule has 6 nitrogen and oxygen atoms in total. The lowest BCUT2D eigenvalue weighted by molar-refractivity contribution is -0.137. The lowest BCUT2D eigenvalue weighted by Crippen LogP contribution is -2.50. The fraction of sp³-hybridized carbons (Fsp3) is 0.333. The minimum absolute atomic E-state index is 0.0595. The Morgan fingerprint density at radius 2 is 1.69 bits per heavy atom. The molecule has 1 aromatic carbocycles. The highest BCUT2D eigenvalue weighted by Gasteiger charge is 2.33. The molecular formula is C18H18F3N3O3S2. The van der Waals surface area contributed by atoms with Gasteiger partial charge < -0.3 is 4.90 Å². The van der Waals surface area contributed by atoms with Gasteiger partial charge in [-0.3, -0.25) is 4.79 Å². The van der Waals surface area contributed by atoms with Crippen LogP contribution in [-0.4, -0.2) is 60.9 Å². The van der Waals surface area contributed by atoms with Crippen LogP contribution in [-0.2, 0) is 16.2 Å². The van der Waals surface area contributed by atoms with Crippen molar-refractivity contribution in [3.63, 3.8) is 0 Å². The minimum Gasteiger partial charge on any atom is -0.336 e. The summed E-state index contributed by atoms with van der Waals surface area (Å²) in [6.07, 6.45) is -1.12. The highest BCUT2D eigenvalue weighted by atomic mass is 32.2. The maximum Gasteiger partial charge on any atom is 0.416 e. The molecule has 1 saturated heterocycles. The molecule has 0 saturated carbocycles. The molecule has 29 heavy (non-hydrogen) atoms. The molecule has 11 heteroatoms. The summed E-state index contributed by atoms with van der Waals surface area (Å²) in [6.45, 7) is 0.483. The Morgan fingerprint density at radius 1 is 1.07 bits per heavy atom. The van der Waals surface area contributed by atoms with Gasteiger partial charge in [-0.1, -0.05) is 0 Å². The highest BCUT2D eigenvalue weighted by Crippen LogP contribution is 2.30. The number of thioether (sulfide) groups is 1. The molecule has 2 aromatic rings. The number of halogens is 3. The third-order valence-corrected chi connectivity index (χ3v) is 7.17. The van der Waals surface area contributed by atoms with E-state index in [1.165, 1.54) is 16.1 Å². The van der Waals surface area contributed by atoms with Crippen LogP contribution in [0.3, 0.4) is 0 Å². The van der Waals surface area contributed by atoms with E-state index in [4.69, 9.17) is 0 Å². The Balaban J connectivity index is 1.70. The normalized spacial score (nSPS) is 16.1. The topological polar surface area (TPSA) is 70.6 Å². The number of amides is 1. The average molecular weight is 445 g/mol. The van der Waals surface area contributed by atoms with Crippen molar-refractivity contribution in [2.75, 3.05) is 32.4 Å². The predicted molar refractivity (Wildman–Crippen MR) is 102 cm³/mol. The van der Waals surface area contributed by atoms with Crippen molar-refractivity contribution in [2.24, 2.45) is 0 Å². The number of nitrogens with zero attached hydrogens (tertiary/aromatic N) is 3. The first-order chi connectivity index (χ1) is 13.6. The van der Waals surface area contributed by atoms with Gasteiger partial charge in [0.15, 0.2) is 0 Å².